The second-order valence-electron chi connectivity index (χ2n) is 6.58. The van der Waals surface area contributed by atoms with E-state index in [0.717, 1.165) is 24.6 Å². The van der Waals surface area contributed by atoms with Crippen molar-refractivity contribution in [1.29, 1.82) is 0 Å². The number of hydrogen-bond donors (Lipinski definition) is 0. The molecule has 0 N–H and O–H groups in total. The highest BCUT2D eigenvalue weighted by molar-refractivity contribution is 5.72. The Morgan fingerprint density at radius 2 is 2.00 bits per heavy atom. The van der Waals surface area contributed by atoms with Crippen LogP contribution in [0.15, 0.2) is 24.3 Å². The molecule has 124 valence electrons. The van der Waals surface area contributed by atoms with E-state index in [0.29, 0.717) is 18.7 Å². The third kappa shape index (κ3) is 4.87. The van der Waals surface area contributed by atoms with E-state index in [2.05, 4.69) is 25.9 Å². The first kappa shape index (κ1) is 17.1. The minimum atomic E-state index is -0.539. The number of aryl methyl sites for hydroxylation is 1. The van der Waals surface area contributed by atoms with E-state index in [-0.39, 0.29) is 23.3 Å². The van der Waals surface area contributed by atoms with Crippen molar-refractivity contribution in [3.05, 3.63) is 47.2 Å². The lowest BCUT2D eigenvalue weighted by Crippen LogP contribution is -2.13. The third-order valence-corrected chi connectivity index (χ3v) is 3.34. The maximum atomic E-state index is 13.6. The number of ether oxygens (including phenoxy) is 1. The van der Waals surface area contributed by atoms with Gasteiger partial charge in [0.1, 0.15) is 23.9 Å². The van der Waals surface area contributed by atoms with Gasteiger partial charge in [0, 0.05) is 18.2 Å². The molecule has 0 aliphatic rings. The molecule has 0 aliphatic heterocycles. The Hall–Kier alpha value is -2.24. The molecule has 1 aromatic heterocycles. The number of hydrogen-bond acceptors (Lipinski definition) is 3. The quantitative estimate of drug-likeness (QED) is 0.755. The van der Waals surface area contributed by atoms with E-state index in [1.807, 2.05) is 0 Å². The summed E-state index contributed by atoms with van der Waals surface area (Å²) < 4.78 is 33.9. The summed E-state index contributed by atoms with van der Waals surface area (Å²) in [5.74, 6) is -0.706. The first-order valence-corrected chi connectivity index (χ1v) is 7.38. The van der Waals surface area contributed by atoms with Crippen LogP contribution in [0.3, 0.4) is 0 Å². The molecule has 2 aromatic rings. The van der Waals surface area contributed by atoms with Gasteiger partial charge in [-0.05, 0) is 30.0 Å². The van der Waals surface area contributed by atoms with E-state index in [9.17, 15) is 13.6 Å². The molecule has 0 saturated heterocycles. The fraction of sp³-hybridized carbons (Fsp3) is 0.412. The molecule has 0 fully saturated rings. The Bertz CT molecular complexity index is 690. The lowest BCUT2D eigenvalue weighted by Gasteiger charge is -2.18. The van der Waals surface area contributed by atoms with Crippen molar-refractivity contribution in [2.75, 3.05) is 0 Å². The SMILES string of the molecule is CC(C)(C)CCn1nc(C=O)cc1OCc1cc(F)ccc1F. The first-order chi connectivity index (χ1) is 10.8. The topological polar surface area (TPSA) is 44.1 Å². The van der Waals surface area contributed by atoms with E-state index in [1.54, 1.807) is 4.68 Å². The highest BCUT2D eigenvalue weighted by atomic mass is 19.1. The summed E-state index contributed by atoms with van der Waals surface area (Å²) in [6, 6.07) is 4.69. The second-order valence-corrected chi connectivity index (χ2v) is 6.58. The fourth-order valence-corrected chi connectivity index (χ4v) is 2.00. The van der Waals surface area contributed by atoms with Gasteiger partial charge in [-0.15, -0.1) is 0 Å². The molecular weight excluding hydrogens is 302 g/mol. The van der Waals surface area contributed by atoms with Crippen LogP contribution in [0.5, 0.6) is 5.88 Å². The van der Waals surface area contributed by atoms with Gasteiger partial charge in [0.15, 0.2) is 6.29 Å². The summed E-state index contributed by atoms with van der Waals surface area (Å²) in [4.78, 5) is 10.9. The normalized spacial score (nSPS) is 11.5. The molecule has 2 rings (SSSR count). The van der Waals surface area contributed by atoms with Crippen LogP contribution in [-0.2, 0) is 13.2 Å². The smallest absolute Gasteiger partial charge is 0.212 e. The van der Waals surface area contributed by atoms with Crippen LogP contribution in [0.1, 0.15) is 43.2 Å². The van der Waals surface area contributed by atoms with Crippen LogP contribution in [0.25, 0.3) is 0 Å². The van der Waals surface area contributed by atoms with Crippen molar-refractivity contribution in [3.63, 3.8) is 0 Å². The van der Waals surface area contributed by atoms with Gasteiger partial charge >= 0.3 is 0 Å². The Balaban J connectivity index is 2.13. The predicted molar refractivity (Wildman–Crippen MR) is 82.4 cm³/mol. The average molecular weight is 322 g/mol. The lowest BCUT2D eigenvalue weighted by molar-refractivity contribution is 0.111. The van der Waals surface area contributed by atoms with Gasteiger partial charge in [-0.1, -0.05) is 20.8 Å². The molecule has 0 unspecified atom stereocenters. The average Bonchev–Trinajstić information content (AvgIpc) is 2.88. The molecule has 1 aromatic carbocycles. The zero-order valence-electron chi connectivity index (χ0n) is 13.5. The fourth-order valence-electron chi connectivity index (χ4n) is 2.00. The summed E-state index contributed by atoms with van der Waals surface area (Å²) in [5, 5.41) is 4.14. The maximum Gasteiger partial charge on any atom is 0.212 e. The van der Waals surface area contributed by atoms with Crippen molar-refractivity contribution in [3.8, 4) is 5.88 Å². The van der Waals surface area contributed by atoms with Crippen LogP contribution in [0.4, 0.5) is 8.78 Å². The summed E-state index contributed by atoms with van der Waals surface area (Å²) in [7, 11) is 0. The number of aldehydes is 1. The standard InChI is InChI=1S/C17H20F2N2O2/c1-17(2,3)6-7-21-16(9-14(10-22)20-21)23-11-12-8-13(18)4-5-15(12)19/h4-5,8-10H,6-7,11H2,1-3H3. The minimum absolute atomic E-state index is 0.0965. The van der Waals surface area contributed by atoms with Crippen molar-refractivity contribution in [2.24, 2.45) is 5.41 Å². The van der Waals surface area contributed by atoms with Crippen molar-refractivity contribution in [2.45, 2.75) is 40.3 Å². The molecule has 1 heterocycles. The second kappa shape index (κ2) is 6.89. The van der Waals surface area contributed by atoms with Crippen LogP contribution in [0, 0.1) is 17.0 Å². The van der Waals surface area contributed by atoms with Gasteiger partial charge in [0.05, 0.1) is 0 Å². The number of aromatic nitrogens is 2. The zero-order valence-corrected chi connectivity index (χ0v) is 13.5. The van der Waals surface area contributed by atoms with Crippen molar-refractivity contribution < 1.29 is 18.3 Å². The van der Waals surface area contributed by atoms with Gasteiger partial charge in [0.25, 0.3) is 0 Å². The number of carbonyl (C=O) groups is 1. The summed E-state index contributed by atoms with van der Waals surface area (Å²) in [6.07, 6.45) is 1.46. The lowest BCUT2D eigenvalue weighted by atomic mass is 9.92. The van der Waals surface area contributed by atoms with Gasteiger partial charge < -0.3 is 4.74 Å². The zero-order chi connectivity index (χ0) is 17.0. The predicted octanol–water partition coefficient (Wildman–Crippen LogP) is 3.99. The van der Waals surface area contributed by atoms with E-state index in [1.165, 1.54) is 6.07 Å². The van der Waals surface area contributed by atoms with Gasteiger partial charge in [-0.25, -0.2) is 13.5 Å². The summed E-state index contributed by atoms with van der Waals surface area (Å²) >= 11 is 0. The molecule has 0 radical (unpaired) electrons. The maximum absolute atomic E-state index is 13.6. The number of halogens is 2. The number of rotatable bonds is 6. The molecule has 0 spiro atoms. The van der Waals surface area contributed by atoms with Gasteiger partial charge in [0.2, 0.25) is 5.88 Å². The monoisotopic (exact) mass is 322 g/mol. The van der Waals surface area contributed by atoms with E-state index < -0.39 is 11.6 Å². The third-order valence-electron chi connectivity index (χ3n) is 3.34. The number of nitrogens with zero attached hydrogens (tertiary/aromatic N) is 2. The Labute approximate surface area is 134 Å². The first-order valence-electron chi connectivity index (χ1n) is 7.38. The Kier molecular flexibility index (Phi) is 5.13. The minimum Gasteiger partial charge on any atom is -0.473 e. The molecule has 4 nitrogen and oxygen atoms in total. The molecule has 23 heavy (non-hydrogen) atoms. The molecule has 6 heteroatoms. The molecule has 0 atom stereocenters. The summed E-state index contributed by atoms with van der Waals surface area (Å²) in [6.45, 7) is 6.72. The van der Waals surface area contributed by atoms with Crippen LogP contribution >= 0.6 is 0 Å². The molecule has 0 aliphatic carbocycles. The highest BCUT2D eigenvalue weighted by Gasteiger charge is 2.15. The van der Waals surface area contributed by atoms with Gasteiger partial charge in [-0.3, -0.25) is 4.79 Å². The van der Waals surface area contributed by atoms with E-state index >= 15 is 0 Å². The van der Waals surface area contributed by atoms with E-state index in [4.69, 9.17) is 4.74 Å². The Morgan fingerprint density at radius 1 is 1.26 bits per heavy atom. The van der Waals surface area contributed by atoms with Gasteiger partial charge in [-0.2, -0.15) is 5.10 Å². The molecule has 0 bridgehead atoms. The van der Waals surface area contributed by atoms with Crippen LogP contribution < -0.4 is 4.74 Å². The molecule has 0 amide bonds. The highest BCUT2D eigenvalue weighted by Crippen LogP contribution is 2.23. The van der Waals surface area contributed by atoms with Crippen LogP contribution in [0.2, 0.25) is 0 Å². The Morgan fingerprint density at radius 3 is 2.65 bits per heavy atom. The summed E-state index contributed by atoms with van der Waals surface area (Å²) in [5.41, 5.74) is 0.453. The number of carbonyl (C=O) groups excluding carboxylic acids is 1. The van der Waals surface area contributed by atoms with Crippen LogP contribution in [-0.4, -0.2) is 16.1 Å². The van der Waals surface area contributed by atoms with Crippen molar-refractivity contribution in [1.82, 2.24) is 9.78 Å². The number of benzene rings is 1. The molecular formula is C17H20F2N2O2. The largest absolute Gasteiger partial charge is 0.473 e. The van der Waals surface area contributed by atoms with Crippen molar-refractivity contribution >= 4 is 6.29 Å². The molecule has 0 saturated carbocycles.